The molecule has 0 amide bonds. The van der Waals surface area contributed by atoms with Gasteiger partial charge in [0.1, 0.15) is 0 Å². The Morgan fingerprint density at radius 1 is 1.38 bits per heavy atom. The van der Waals surface area contributed by atoms with Crippen LogP contribution < -0.4 is 0 Å². The number of aryl methyl sites for hydroxylation is 1. The SMILES string of the molecule is CC(C)CCCCCc1cc(C=O)sc1Br. The maximum Gasteiger partial charge on any atom is 0.160 e. The van der Waals surface area contributed by atoms with Crippen molar-refractivity contribution in [3.05, 3.63) is 20.3 Å². The molecule has 0 atom stereocenters. The van der Waals surface area contributed by atoms with E-state index in [0.717, 1.165) is 27.3 Å². The van der Waals surface area contributed by atoms with E-state index >= 15 is 0 Å². The Kier molecular flexibility index (Phi) is 6.29. The van der Waals surface area contributed by atoms with Gasteiger partial charge in [0, 0.05) is 0 Å². The van der Waals surface area contributed by atoms with E-state index in [1.165, 1.54) is 42.6 Å². The molecule has 90 valence electrons. The lowest BCUT2D eigenvalue weighted by molar-refractivity contribution is 0.112. The Labute approximate surface area is 110 Å². The highest BCUT2D eigenvalue weighted by atomic mass is 79.9. The van der Waals surface area contributed by atoms with E-state index < -0.39 is 0 Å². The summed E-state index contributed by atoms with van der Waals surface area (Å²) >= 11 is 5.04. The van der Waals surface area contributed by atoms with Crippen LogP contribution in [-0.2, 0) is 6.42 Å². The highest BCUT2D eigenvalue weighted by molar-refractivity contribution is 9.11. The van der Waals surface area contributed by atoms with Gasteiger partial charge >= 0.3 is 0 Å². The van der Waals surface area contributed by atoms with Crippen molar-refractivity contribution in [2.45, 2.75) is 46.0 Å². The van der Waals surface area contributed by atoms with Gasteiger partial charge in [0.2, 0.25) is 0 Å². The number of carbonyl (C=O) groups excluding carboxylic acids is 1. The molecule has 1 heterocycles. The highest BCUT2D eigenvalue weighted by Crippen LogP contribution is 2.28. The Morgan fingerprint density at radius 2 is 2.12 bits per heavy atom. The summed E-state index contributed by atoms with van der Waals surface area (Å²) in [5.41, 5.74) is 1.29. The number of carbonyl (C=O) groups is 1. The highest BCUT2D eigenvalue weighted by Gasteiger charge is 2.05. The first-order chi connectivity index (χ1) is 7.63. The van der Waals surface area contributed by atoms with E-state index in [1.54, 1.807) is 0 Å². The maximum absolute atomic E-state index is 10.6. The average molecular weight is 303 g/mol. The van der Waals surface area contributed by atoms with Crippen LogP contribution in [0.25, 0.3) is 0 Å². The molecule has 0 fully saturated rings. The van der Waals surface area contributed by atoms with E-state index in [4.69, 9.17) is 0 Å². The summed E-state index contributed by atoms with van der Waals surface area (Å²) in [5, 5.41) is 0. The lowest BCUT2D eigenvalue weighted by Crippen LogP contribution is -1.89. The summed E-state index contributed by atoms with van der Waals surface area (Å²) in [5.74, 6) is 0.814. The molecule has 1 aromatic rings. The fourth-order valence-electron chi connectivity index (χ4n) is 1.70. The minimum atomic E-state index is 0.814. The van der Waals surface area contributed by atoms with Gasteiger partial charge in [-0.3, -0.25) is 4.79 Å². The van der Waals surface area contributed by atoms with Crippen LogP contribution in [0.3, 0.4) is 0 Å². The van der Waals surface area contributed by atoms with Gasteiger partial charge in [-0.15, -0.1) is 11.3 Å². The number of halogens is 1. The van der Waals surface area contributed by atoms with Gasteiger partial charge in [-0.1, -0.05) is 33.1 Å². The predicted molar refractivity (Wildman–Crippen MR) is 74.4 cm³/mol. The second kappa shape index (κ2) is 7.23. The van der Waals surface area contributed by atoms with E-state index in [9.17, 15) is 4.79 Å². The molecule has 1 aromatic heterocycles. The second-order valence-electron chi connectivity index (χ2n) is 4.56. The zero-order valence-electron chi connectivity index (χ0n) is 9.96. The van der Waals surface area contributed by atoms with Crippen LogP contribution in [0, 0.1) is 5.92 Å². The van der Waals surface area contributed by atoms with Crippen molar-refractivity contribution in [2.24, 2.45) is 5.92 Å². The molecule has 0 unspecified atom stereocenters. The van der Waals surface area contributed by atoms with Crippen molar-refractivity contribution in [1.29, 1.82) is 0 Å². The summed E-state index contributed by atoms with van der Waals surface area (Å²) < 4.78 is 1.12. The lowest BCUT2D eigenvalue weighted by Gasteiger charge is -2.03. The summed E-state index contributed by atoms with van der Waals surface area (Å²) in [6.45, 7) is 4.54. The fraction of sp³-hybridized carbons (Fsp3) is 0.615. The van der Waals surface area contributed by atoms with Gasteiger partial charge in [0.15, 0.2) is 6.29 Å². The molecule has 16 heavy (non-hydrogen) atoms. The minimum absolute atomic E-state index is 0.814. The van der Waals surface area contributed by atoms with Crippen molar-refractivity contribution in [3.8, 4) is 0 Å². The van der Waals surface area contributed by atoms with Crippen LogP contribution >= 0.6 is 27.3 Å². The molecule has 3 heteroatoms. The first-order valence-electron chi connectivity index (χ1n) is 5.87. The molecule has 0 saturated carbocycles. The summed E-state index contributed by atoms with van der Waals surface area (Å²) in [6, 6.07) is 2.00. The Morgan fingerprint density at radius 3 is 2.69 bits per heavy atom. The normalized spacial score (nSPS) is 11.0. The summed E-state index contributed by atoms with van der Waals surface area (Å²) in [7, 11) is 0. The van der Waals surface area contributed by atoms with Crippen molar-refractivity contribution in [3.63, 3.8) is 0 Å². The predicted octanol–water partition coefficient (Wildman–Crippen LogP) is 5.08. The molecule has 0 aliphatic rings. The van der Waals surface area contributed by atoms with Gasteiger partial charge in [-0.2, -0.15) is 0 Å². The molecule has 0 aromatic carbocycles. The third-order valence-electron chi connectivity index (χ3n) is 2.62. The van der Waals surface area contributed by atoms with Crippen LogP contribution in [0.4, 0.5) is 0 Å². The molecule has 1 nitrogen and oxygen atoms in total. The third kappa shape index (κ3) is 4.79. The van der Waals surface area contributed by atoms with E-state index in [0.29, 0.717) is 0 Å². The van der Waals surface area contributed by atoms with Crippen LogP contribution in [-0.4, -0.2) is 6.29 Å². The minimum Gasteiger partial charge on any atom is -0.297 e. The largest absolute Gasteiger partial charge is 0.297 e. The van der Waals surface area contributed by atoms with Crippen LogP contribution in [0.15, 0.2) is 9.85 Å². The van der Waals surface area contributed by atoms with Gasteiger partial charge < -0.3 is 0 Å². The maximum atomic E-state index is 10.6. The van der Waals surface area contributed by atoms with E-state index in [2.05, 4.69) is 29.8 Å². The monoisotopic (exact) mass is 302 g/mol. The van der Waals surface area contributed by atoms with E-state index in [1.807, 2.05) is 6.07 Å². The Balaban J connectivity index is 2.26. The second-order valence-corrected chi connectivity index (χ2v) is 6.96. The van der Waals surface area contributed by atoms with Gasteiger partial charge in [-0.05, 0) is 46.3 Å². The van der Waals surface area contributed by atoms with Crippen LogP contribution in [0.2, 0.25) is 0 Å². The molecule has 0 spiro atoms. The number of hydrogen-bond donors (Lipinski definition) is 0. The van der Waals surface area contributed by atoms with Gasteiger partial charge in [0.25, 0.3) is 0 Å². The van der Waals surface area contributed by atoms with Gasteiger partial charge in [0.05, 0.1) is 8.66 Å². The third-order valence-corrected chi connectivity index (χ3v) is 4.51. The molecular weight excluding hydrogens is 284 g/mol. The fourth-order valence-corrected chi connectivity index (χ4v) is 3.32. The smallest absolute Gasteiger partial charge is 0.160 e. The summed E-state index contributed by atoms with van der Waals surface area (Å²) in [6.07, 6.45) is 7.17. The number of hydrogen-bond acceptors (Lipinski definition) is 2. The lowest BCUT2D eigenvalue weighted by atomic mass is 10.0. The first-order valence-corrected chi connectivity index (χ1v) is 7.47. The topological polar surface area (TPSA) is 17.1 Å². The molecule has 0 saturated heterocycles. The molecule has 0 radical (unpaired) electrons. The van der Waals surface area contributed by atoms with Crippen molar-refractivity contribution < 1.29 is 4.79 Å². The summed E-state index contributed by atoms with van der Waals surface area (Å²) in [4.78, 5) is 11.4. The zero-order valence-corrected chi connectivity index (χ0v) is 12.4. The molecule has 0 N–H and O–H groups in total. The van der Waals surface area contributed by atoms with Crippen molar-refractivity contribution in [2.75, 3.05) is 0 Å². The van der Waals surface area contributed by atoms with Crippen molar-refractivity contribution in [1.82, 2.24) is 0 Å². The van der Waals surface area contributed by atoms with E-state index in [-0.39, 0.29) is 0 Å². The molecule has 1 rings (SSSR count). The van der Waals surface area contributed by atoms with Crippen LogP contribution in [0.1, 0.15) is 54.8 Å². The number of aldehydes is 1. The Hall–Kier alpha value is -0.150. The molecule has 0 aliphatic heterocycles. The van der Waals surface area contributed by atoms with Gasteiger partial charge in [-0.25, -0.2) is 0 Å². The van der Waals surface area contributed by atoms with Crippen LogP contribution in [0.5, 0.6) is 0 Å². The van der Waals surface area contributed by atoms with Crippen molar-refractivity contribution >= 4 is 33.6 Å². The molecule has 0 bridgehead atoms. The number of unbranched alkanes of at least 4 members (excludes halogenated alkanes) is 2. The Bertz CT molecular complexity index is 331. The molecule has 0 aliphatic carbocycles. The number of thiophene rings is 1. The quantitative estimate of drug-likeness (QED) is 0.507. The number of rotatable bonds is 7. The first kappa shape index (κ1) is 13.9. The average Bonchev–Trinajstić information content (AvgIpc) is 2.59. The zero-order chi connectivity index (χ0) is 12.0. The standard InChI is InChI=1S/C13H19BrOS/c1-10(2)6-4-3-5-7-11-8-12(9-15)16-13(11)14/h8-10H,3-7H2,1-2H3. The molecular formula is C13H19BrOS.